The van der Waals surface area contributed by atoms with Crippen LogP contribution >= 0.6 is 0 Å². The van der Waals surface area contributed by atoms with Gasteiger partial charge in [-0.05, 0) is 17.7 Å². The lowest BCUT2D eigenvalue weighted by Crippen LogP contribution is -3.00. The van der Waals surface area contributed by atoms with Crippen LogP contribution in [0.1, 0.15) is 11.1 Å². The molecule has 0 N–H and O–H groups in total. The number of benzene rings is 2. The van der Waals surface area contributed by atoms with E-state index in [4.69, 9.17) is 5.39 Å². The van der Waals surface area contributed by atoms with Crippen molar-refractivity contribution in [3.05, 3.63) is 70.7 Å². The molecule has 0 saturated carbocycles. The van der Waals surface area contributed by atoms with Gasteiger partial charge in [-0.25, -0.2) is 0 Å². The average Bonchev–Trinajstić information content (AvgIpc) is 2.38. The zero-order chi connectivity index (χ0) is 11.2. The zero-order valence-electron chi connectivity index (χ0n) is 9.12. The zero-order valence-corrected chi connectivity index (χ0v) is 9.88. The number of rotatable bonds is 2. The third kappa shape index (κ3) is 3.44. The van der Waals surface area contributed by atoms with Gasteiger partial charge in [-0.1, -0.05) is 48.5 Å². The average molecular weight is 243 g/mol. The second-order valence-electron chi connectivity index (χ2n) is 3.40. The van der Waals surface area contributed by atoms with Crippen LogP contribution in [0.5, 0.6) is 0 Å². The van der Waals surface area contributed by atoms with Gasteiger partial charge in [0, 0.05) is 6.07 Å². The Labute approximate surface area is 107 Å². The summed E-state index contributed by atoms with van der Waals surface area (Å²) < 4.78 is 0. The van der Waals surface area contributed by atoms with E-state index >= 15 is 0 Å². The normalized spacial score (nSPS) is 9.59. The maximum absolute atomic E-state index is 8.81. The Morgan fingerprint density at radius 2 is 1.47 bits per heavy atom. The molecular formula is C14H11ClN2. The smallest absolute Gasteiger partial charge is 0.392 e. The summed E-state index contributed by atoms with van der Waals surface area (Å²) in [7, 11) is 0. The Morgan fingerprint density at radius 1 is 0.824 bits per heavy atom. The van der Waals surface area contributed by atoms with Gasteiger partial charge < -0.3 is 12.4 Å². The minimum Gasteiger partial charge on any atom is -1.00 e. The summed E-state index contributed by atoms with van der Waals surface area (Å²) in [6.07, 6.45) is 3.92. The van der Waals surface area contributed by atoms with Crippen LogP contribution in [0.25, 0.3) is 17.1 Å². The second kappa shape index (κ2) is 6.47. The largest absolute Gasteiger partial charge is 1.00 e. The minimum atomic E-state index is 0. The molecule has 0 saturated heterocycles. The summed E-state index contributed by atoms with van der Waals surface area (Å²) in [4.78, 5) is 3.23. The third-order valence-corrected chi connectivity index (χ3v) is 2.30. The molecule has 0 aliphatic rings. The van der Waals surface area contributed by atoms with Gasteiger partial charge in [0.05, 0.1) is 5.56 Å². The molecule has 84 valence electrons. The summed E-state index contributed by atoms with van der Waals surface area (Å²) >= 11 is 0. The highest BCUT2D eigenvalue weighted by Crippen LogP contribution is 2.20. The Hall–Kier alpha value is -2.11. The summed E-state index contributed by atoms with van der Waals surface area (Å²) in [6.45, 7) is 0. The summed E-state index contributed by atoms with van der Waals surface area (Å²) in [6, 6.07) is 17.4. The van der Waals surface area contributed by atoms with E-state index < -0.39 is 0 Å². The Bertz CT molecular complexity index is 542. The molecule has 0 bridgehead atoms. The minimum absolute atomic E-state index is 0. The predicted molar refractivity (Wildman–Crippen MR) is 66.6 cm³/mol. The molecule has 2 aromatic rings. The first-order chi connectivity index (χ1) is 7.90. The fourth-order valence-corrected chi connectivity index (χ4v) is 1.47. The Kier molecular flexibility index (Phi) is 4.93. The van der Waals surface area contributed by atoms with Gasteiger partial charge in [-0.15, -0.1) is 0 Å². The highest BCUT2D eigenvalue weighted by atomic mass is 35.5. The van der Waals surface area contributed by atoms with E-state index in [1.807, 2.05) is 60.7 Å². The monoisotopic (exact) mass is 242 g/mol. The van der Waals surface area contributed by atoms with Crippen molar-refractivity contribution in [2.45, 2.75) is 0 Å². The first-order valence-corrected chi connectivity index (χ1v) is 5.07. The van der Waals surface area contributed by atoms with Crippen LogP contribution in [0.3, 0.4) is 0 Å². The van der Waals surface area contributed by atoms with Crippen molar-refractivity contribution >= 4 is 17.8 Å². The van der Waals surface area contributed by atoms with E-state index in [9.17, 15) is 0 Å². The van der Waals surface area contributed by atoms with Gasteiger partial charge >= 0.3 is 5.69 Å². The van der Waals surface area contributed by atoms with Crippen molar-refractivity contribution in [2.75, 3.05) is 0 Å². The lowest BCUT2D eigenvalue weighted by molar-refractivity contribution is -0.00000330. The van der Waals surface area contributed by atoms with Crippen LogP contribution in [0.15, 0.2) is 54.6 Å². The van der Waals surface area contributed by atoms with Crippen LogP contribution in [0.2, 0.25) is 0 Å². The van der Waals surface area contributed by atoms with Crippen molar-refractivity contribution in [1.29, 1.82) is 5.39 Å². The van der Waals surface area contributed by atoms with E-state index in [0.717, 1.165) is 11.1 Å². The predicted octanol–water partition coefficient (Wildman–Crippen LogP) is 1.35. The molecule has 0 fully saturated rings. The molecule has 2 aromatic carbocycles. The molecule has 0 atom stereocenters. The second-order valence-corrected chi connectivity index (χ2v) is 3.40. The highest BCUT2D eigenvalue weighted by Gasteiger charge is 2.07. The van der Waals surface area contributed by atoms with Crippen molar-refractivity contribution in [2.24, 2.45) is 0 Å². The van der Waals surface area contributed by atoms with Crippen molar-refractivity contribution in [3.8, 4) is 0 Å². The molecule has 0 aliphatic heterocycles. The van der Waals surface area contributed by atoms with Crippen molar-refractivity contribution in [1.82, 2.24) is 0 Å². The lowest BCUT2D eigenvalue weighted by atomic mass is 10.1. The van der Waals surface area contributed by atoms with Gasteiger partial charge in [0.1, 0.15) is 0 Å². The number of hydrogen-bond acceptors (Lipinski definition) is 1. The molecule has 17 heavy (non-hydrogen) atoms. The number of diazo groups is 1. The topological polar surface area (TPSA) is 28.1 Å². The van der Waals surface area contributed by atoms with Crippen LogP contribution < -0.4 is 12.4 Å². The SMILES string of the molecule is N#[N+]c1ccccc1C=Cc1ccccc1.[Cl-]. The van der Waals surface area contributed by atoms with Gasteiger partial charge in [-0.3, -0.25) is 0 Å². The summed E-state index contributed by atoms with van der Waals surface area (Å²) in [5, 5.41) is 8.81. The molecule has 0 amide bonds. The molecule has 0 radical (unpaired) electrons. The van der Waals surface area contributed by atoms with Gasteiger partial charge in [-0.2, -0.15) is 0 Å². The molecule has 2 nitrogen and oxygen atoms in total. The number of hydrogen-bond donors (Lipinski definition) is 0. The molecule has 3 heteroatoms. The Morgan fingerprint density at radius 3 is 2.18 bits per heavy atom. The number of halogens is 1. The highest BCUT2D eigenvalue weighted by molar-refractivity contribution is 5.76. The van der Waals surface area contributed by atoms with Gasteiger partial charge in [0.2, 0.25) is 5.39 Å². The third-order valence-electron chi connectivity index (χ3n) is 2.30. The summed E-state index contributed by atoms with van der Waals surface area (Å²) in [5.74, 6) is 0. The fraction of sp³-hybridized carbons (Fsp3) is 0. The van der Waals surface area contributed by atoms with Crippen LogP contribution in [0, 0.1) is 5.39 Å². The molecule has 2 rings (SSSR count). The summed E-state index contributed by atoms with van der Waals surface area (Å²) in [5.41, 5.74) is 2.60. The van der Waals surface area contributed by atoms with E-state index in [1.54, 1.807) is 6.07 Å². The molecule has 0 spiro atoms. The van der Waals surface area contributed by atoms with Crippen LogP contribution in [-0.2, 0) is 0 Å². The van der Waals surface area contributed by atoms with E-state index in [-0.39, 0.29) is 12.4 Å². The molecule has 0 aromatic heterocycles. The van der Waals surface area contributed by atoms with Gasteiger partial charge in [0.15, 0.2) is 4.98 Å². The standard InChI is InChI=1S/C14H11N2.ClH/c15-16-14-9-5-4-8-13(14)11-10-12-6-2-1-3-7-12;/h1-11H;1H/q+1;/p-1. The molecular weight excluding hydrogens is 232 g/mol. The maximum Gasteiger partial charge on any atom is 0.392 e. The van der Waals surface area contributed by atoms with E-state index in [0.29, 0.717) is 5.69 Å². The first-order valence-electron chi connectivity index (χ1n) is 5.07. The quantitative estimate of drug-likeness (QED) is 0.577. The van der Waals surface area contributed by atoms with Crippen LogP contribution in [-0.4, -0.2) is 0 Å². The number of nitrogens with zero attached hydrogens (tertiary/aromatic N) is 2. The van der Waals surface area contributed by atoms with E-state index in [1.165, 1.54) is 0 Å². The Balaban J connectivity index is 0.00000144. The molecule has 0 aliphatic carbocycles. The van der Waals surface area contributed by atoms with Crippen molar-refractivity contribution < 1.29 is 12.4 Å². The van der Waals surface area contributed by atoms with Crippen molar-refractivity contribution in [3.63, 3.8) is 0 Å². The molecule has 0 unspecified atom stereocenters. The van der Waals surface area contributed by atoms with E-state index in [2.05, 4.69) is 4.98 Å². The fourth-order valence-electron chi connectivity index (χ4n) is 1.47. The molecule has 0 heterocycles. The maximum atomic E-state index is 8.81. The van der Waals surface area contributed by atoms with Gasteiger partial charge in [0.25, 0.3) is 0 Å². The van der Waals surface area contributed by atoms with Crippen LogP contribution in [0.4, 0.5) is 5.69 Å². The lowest BCUT2D eigenvalue weighted by Gasteiger charge is -1.91. The first kappa shape index (κ1) is 13.0.